The SMILES string of the molecule is Fc1ccc2ncnc(NC3C4Cc5ccccc5C43)c2c1. The summed E-state index contributed by atoms with van der Waals surface area (Å²) >= 11 is 0. The molecule has 1 fully saturated rings. The molecule has 4 heteroatoms. The van der Waals surface area contributed by atoms with Gasteiger partial charge in [0.2, 0.25) is 0 Å². The van der Waals surface area contributed by atoms with E-state index in [0.717, 1.165) is 23.1 Å². The Bertz CT molecular complexity index is 892. The molecule has 0 aliphatic heterocycles. The van der Waals surface area contributed by atoms with Crippen LogP contribution in [0.5, 0.6) is 0 Å². The third kappa shape index (κ3) is 1.67. The van der Waals surface area contributed by atoms with E-state index < -0.39 is 0 Å². The van der Waals surface area contributed by atoms with Crippen molar-refractivity contribution in [2.75, 3.05) is 5.32 Å². The van der Waals surface area contributed by atoms with E-state index in [2.05, 4.69) is 39.6 Å². The molecular formula is C18H14FN3. The highest BCUT2D eigenvalue weighted by Crippen LogP contribution is 2.57. The zero-order chi connectivity index (χ0) is 14.7. The molecule has 0 spiro atoms. The fourth-order valence-corrected chi connectivity index (χ4v) is 3.85. The number of benzene rings is 2. The smallest absolute Gasteiger partial charge is 0.137 e. The summed E-state index contributed by atoms with van der Waals surface area (Å²) in [7, 11) is 0. The van der Waals surface area contributed by atoms with Gasteiger partial charge in [-0.1, -0.05) is 24.3 Å². The van der Waals surface area contributed by atoms with E-state index in [1.807, 2.05) is 0 Å². The second-order valence-corrected chi connectivity index (χ2v) is 6.15. The van der Waals surface area contributed by atoms with Crippen LogP contribution in [0.2, 0.25) is 0 Å². The molecule has 3 unspecified atom stereocenters. The average Bonchev–Trinajstić information content (AvgIpc) is 3.05. The van der Waals surface area contributed by atoms with Crippen molar-refractivity contribution in [2.24, 2.45) is 5.92 Å². The number of hydrogen-bond donors (Lipinski definition) is 1. The summed E-state index contributed by atoms with van der Waals surface area (Å²) in [5.74, 6) is 1.68. The van der Waals surface area contributed by atoms with Crippen molar-refractivity contribution >= 4 is 16.7 Å². The lowest BCUT2D eigenvalue weighted by atomic mass is 10.1. The van der Waals surface area contributed by atoms with Crippen molar-refractivity contribution in [2.45, 2.75) is 18.4 Å². The minimum Gasteiger partial charge on any atom is -0.366 e. The van der Waals surface area contributed by atoms with Gasteiger partial charge in [-0.15, -0.1) is 0 Å². The van der Waals surface area contributed by atoms with E-state index in [1.165, 1.54) is 29.6 Å². The summed E-state index contributed by atoms with van der Waals surface area (Å²) in [6.07, 6.45) is 2.66. The molecule has 1 saturated carbocycles. The van der Waals surface area contributed by atoms with Crippen LogP contribution in [0.1, 0.15) is 17.0 Å². The first kappa shape index (κ1) is 12.1. The molecule has 1 aromatic heterocycles. The molecular weight excluding hydrogens is 277 g/mol. The number of hydrogen-bond acceptors (Lipinski definition) is 3. The van der Waals surface area contributed by atoms with Gasteiger partial charge in [0, 0.05) is 17.3 Å². The summed E-state index contributed by atoms with van der Waals surface area (Å²) in [4.78, 5) is 8.52. The number of halogens is 1. The molecule has 3 atom stereocenters. The zero-order valence-electron chi connectivity index (χ0n) is 11.8. The fourth-order valence-electron chi connectivity index (χ4n) is 3.85. The Labute approximate surface area is 127 Å². The first-order valence-electron chi connectivity index (χ1n) is 7.56. The lowest BCUT2D eigenvalue weighted by molar-refractivity contribution is 0.629. The van der Waals surface area contributed by atoms with Crippen LogP contribution in [0.25, 0.3) is 10.9 Å². The van der Waals surface area contributed by atoms with Crippen LogP contribution in [0.4, 0.5) is 10.2 Å². The molecule has 3 aromatic rings. The van der Waals surface area contributed by atoms with Crippen LogP contribution in [-0.2, 0) is 6.42 Å². The van der Waals surface area contributed by atoms with Crippen LogP contribution in [0.3, 0.4) is 0 Å². The number of aromatic nitrogens is 2. The minimum atomic E-state index is -0.258. The Hall–Kier alpha value is -2.49. The van der Waals surface area contributed by atoms with Gasteiger partial charge >= 0.3 is 0 Å². The molecule has 0 saturated heterocycles. The van der Waals surface area contributed by atoms with E-state index >= 15 is 0 Å². The highest BCUT2D eigenvalue weighted by atomic mass is 19.1. The second kappa shape index (κ2) is 4.26. The number of rotatable bonds is 2. The lowest BCUT2D eigenvalue weighted by Gasteiger charge is -2.11. The van der Waals surface area contributed by atoms with Crippen molar-refractivity contribution in [3.63, 3.8) is 0 Å². The average molecular weight is 291 g/mol. The number of anilines is 1. The van der Waals surface area contributed by atoms with Gasteiger partial charge in [0.1, 0.15) is 18.0 Å². The molecule has 22 heavy (non-hydrogen) atoms. The summed E-state index contributed by atoms with van der Waals surface area (Å²) in [6.45, 7) is 0. The molecule has 3 nitrogen and oxygen atoms in total. The Balaban J connectivity index is 1.48. The Morgan fingerprint density at radius 2 is 2.00 bits per heavy atom. The molecule has 2 aromatic carbocycles. The van der Waals surface area contributed by atoms with Crippen molar-refractivity contribution in [3.8, 4) is 0 Å². The fraction of sp³-hybridized carbons (Fsp3) is 0.222. The highest BCUT2D eigenvalue weighted by molar-refractivity contribution is 5.89. The maximum absolute atomic E-state index is 13.5. The number of nitrogens with one attached hydrogen (secondary N) is 1. The van der Waals surface area contributed by atoms with Gasteiger partial charge in [-0.05, 0) is 41.7 Å². The van der Waals surface area contributed by atoms with E-state index in [4.69, 9.17) is 0 Å². The summed E-state index contributed by atoms with van der Waals surface area (Å²) in [6, 6.07) is 13.7. The molecule has 108 valence electrons. The van der Waals surface area contributed by atoms with Gasteiger partial charge < -0.3 is 5.32 Å². The van der Waals surface area contributed by atoms with Crippen molar-refractivity contribution in [3.05, 3.63) is 65.7 Å². The molecule has 0 radical (unpaired) electrons. The molecule has 0 bridgehead atoms. The van der Waals surface area contributed by atoms with Crippen LogP contribution >= 0.6 is 0 Å². The minimum absolute atomic E-state index is 0.258. The van der Waals surface area contributed by atoms with Crippen LogP contribution in [0.15, 0.2) is 48.8 Å². The summed E-state index contributed by atoms with van der Waals surface area (Å²) in [5.41, 5.74) is 3.69. The Morgan fingerprint density at radius 1 is 1.09 bits per heavy atom. The molecule has 2 aliphatic rings. The second-order valence-electron chi connectivity index (χ2n) is 6.15. The van der Waals surface area contributed by atoms with Gasteiger partial charge in [-0.25, -0.2) is 14.4 Å². The van der Waals surface area contributed by atoms with Crippen LogP contribution in [-0.4, -0.2) is 16.0 Å². The topological polar surface area (TPSA) is 37.8 Å². The maximum Gasteiger partial charge on any atom is 0.137 e. The maximum atomic E-state index is 13.5. The van der Waals surface area contributed by atoms with Gasteiger partial charge in [-0.3, -0.25) is 0 Å². The predicted molar refractivity (Wildman–Crippen MR) is 83.3 cm³/mol. The lowest BCUT2D eigenvalue weighted by Crippen LogP contribution is -2.11. The highest BCUT2D eigenvalue weighted by Gasteiger charge is 2.55. The largest absolute Gasteiger partial charge is 0.366 e. The normalized spacial score (nSPS) is 24.9. The van der Waals surface area contributed by atoms with E-state index in [0.29, 0.717) is 17.9 Å². The standard InChI is InChI=1S/C18H14FN3/c19-11-5-6-15-13(8-11)18(21-9-20-15)22-17-14-7-10-3-1-2-4-12(10)16(14)17/h1-6,8-9,14,16-17H,7H2,(H,20,21,22). The van der Waals surface area contributed by atoms with E-state index in [-0.39, 0.29) is 5.82 Å². The van der Waals surface area contributed by atoms with Crippen LogP contribution < -0.4 is 5.32 Å². The molecule has 1 heterocycles. The molecule has 0 amide bonds. The first-order chi connectivity index (χ1) is 10.8. The quantitative estimate of drug-likeness (QED) is 0.785. The van der Waals surface area contributed by atoms with Crippen molar-refractivity contribution in [1.82, 2.24) is 9.97 Å². The van der Waals surface area contributed by atoms with Gasteiger partial charge in [0.15, 0.2) is 0 Å². The third-order valence-corrected chi connectivity index (χ3v) is 4.94. The van der Waals surface area contributed by atoms with Gasteiger partial charge in [-0.2, -0.15) is 0 Å². The zero-order valence-corrected chi connectivity index (χ0v) is 11.8. The summed E-state index contributed by atoms with van der Waals surface area (Å²) in [5, 5.41) is 4.26. The van der Waals surface area contributed by atoms with Crippen molar-refractivity contribution in [1.29, 1.82) is 0 Å². The number of fused-ring (bicyclic) bond motifs is 4. The third-order valence-electron chi connectivity index (χ3n) is 4.94. The Morgan fingerprint density at radius 3 is 2.95 bits per heavy atom. The Kier molecular flexibility index (Phi) is 2.34. The van der Waals surface area contributed by atoms with Crippen molar-refractivity contribution < 1.29 is 4.39 Å². The molecule has 1 N–H and O–H groups in total. The van der Waals surface area contributed by atoms with E-state index in [1.54, 1.807) is 6.07 Å². The van der Waals surface area contributed by atoms with Gasteiger partial charge in [0.05, 0.1) is 5.52 Å². The molecule has 5 rings (SSSR count). The van der Waals surface area contributed by atoms with E-state index in [9.17, 15) is 4.39 Å². The van der Waals surface area contributed by atoms with Crippen LogP contribution in [0, 0.1) is 11.7 Å². The molecule has 2 aliphatic carbocycles. The first-order valence-corrected chi connectivity index (χ1v) is 7.56. The monoisotopic (exact) mass is 291 g/mol. The van der Waals surface area contributed by atoms with Gasteiger partial charge in [0.25, 0.3) is 0 Å². The summed E-state index contributed by atoms with van der Waals surface area (Å²) < 4.78 is 13.5. The number of nitrogens with zero attached hydrogens (tertiary/aromatic N) is 2. The predicted octanol–water partition coefficient (Wildman–Crippen LogP) is 3.52.